The van der Waals surface area contributed by atoms with Crippen molar-refractivity contribution < 1.29 is 58.2 Å². The molecule has 0 saturated carbocycles. The number of carbonyl (C=O) groups excluding carboxylic acids is 3. The van der Waals surface area contributed by atoms with Gasteiger partial charge in [-0.05, 0) is 135 Å². The highest BCUT2D eigenvalue weighted by Gasteiger charge is 2.50. The first-order valence-electron chi connectivity index (χ1n) is 29.1. The highest BCUT2D eigenvalue weighted by atomic mass is 16.7. The third-order valence-corrected chi connectivity index (χ3v) is 11.8. The SMILES string of the molecule is CC/C=C\C/C=C\C/C=C\C/C=C\C/C=C\CCCC(=O)OCC(COC1OC(C(=O)O)C(O)C(O)C1OC(=O)CCC/C=C\C/C=C\C/C=C\C/C=C\C/C=C\CC)OC(=O)CCCC/C=C\C/C=C\C/C=C\C/C=C\CC. The molecule has 0 radical (unpaired) electrons. The number of unbranched alkanes of at least 4 members (excludes halogenated alkanes) is 4. The number of hydrogen-bond donors (Lipinski definition) is 3. The molecular weight excluding hydrogens is 997 g/mol. The van der Waals surface area contributed by atoms with E-state index in [1.807, 2.05) is 24.3 Å². The monoisotopic (exact) mass is 1090 g/mol. The summed E-state index contributed by atoms with van der Waals surface area (Å²) in [7, 11) is 0. The minimum atomic E-state index is -1.95. The lowest BCUT2D eigenvalue weighted by atomic mass is 9.98. The van der Waals surface area contributed by atoms with E-state index in [0.717, 1.165) is 103 Å². The van der Waals surface area contributed by atoms with E-state index in [1.54, 1.807) is 0 Å². The van der Waals surface area contributed by atoms with E-state index in [9.17, 15) is 34.5 Å². The number of aliphatic carboxylic acids is 1. The van der Waals surface area contributed by atoms with Crippen LogP contribution in [0.2, 0.25) is 0 Å². The van der Waals surface area contributed by atoms with Gasteiger partial charge in [-0.2, -0.15) is 0 Å². The van der Waals surface area contributed by atoms with Gasteiger partial charge in [0.15, 0.2) is 24.6 Å². The zero-order valence-corrected chi connectivity index (χ0v) is 48.0. The lowest BCUT2D eigenvalue weighted by Crippen LogP contribution is -2.61. The summed E-state index contributed by atoms with van der Waals surface area (Å²) in [4.78, 5) is 51.1. The van der Waals surface area contributed by atoms with Gasteiger partial charge in [-0.3, -0.25) is 14.4 Å². The molecule has 6 unspecified atom stereocenters. The summed E-state index contributed by atoms with van der Waals surface area (Å²) in [6, 6.07) is 0. The number of ether oxygens (including phenoxy) is 5. The molecule has 1 aliphatic rings. The molecule has 3 N–H and O–H groups in total. The second-order valence-corrected chi connectivity index (χ2v) is 18.8. The lowest BCUT2D eigenvalue weighted by Gasteiger charge is -2.40. The predicted molar refractivity (Wildman–Crippen MR) is 321 cm³/mol. The van der Waals surface area contributed by atoms with E-state index in [1.165, 1.54) is 0 Å². The molecule has 0 aromatic heterocycles. The van der Waals surface area contributed by atoms with E-state index in [0.29, 0.717) is 32.1 Å². The van der Waals surface area contributed by atoms with E-state index in [2.05, 4.69) is 167 Å². The average molecular weight is 1100 g/mol. The summed E-state index contributed by atoms with van der Waals surface area (Å²) in [6.45, 7) is 5.51. The minimum Gasteiger partial charge on any atom is -0.479 e. The number of aliphatic hydroxyl groups excluding tert-OH is 2. The van der Waals surface area contributed by atoms with Crippen molar-refractivity contribution >= 4 is 23.9 Å². The van der Waals surface area contributed by atoms with Gasteiger partial charge in [0, 0.05) is 19.3 Å². The Morgan fingerprint density at radius 3 is 1.14 bits per heavy atom. The number of hydrogen-bond acceptors (Lipinski definition) is 11. The number of rotatable bonds is 46. The largest absolute Gasteiger partial charge is 0.479 e. The van der Waals surface area contributed by atoms with Gasteiger partial charge in [0.25, 0.3) is 0 Å². The number of carbonyl (C=O) groups is 4. The van der Waals surface area contributed by atoms with Crippen molar-refractivity contribution in [2.45, 2.75) is 212 Å². The van der Waals surface area contributed by atoms with Crippen molar-refractivity contribution in [3.05, 3.63) is 170 Å². The smallest absolute Gasteiger partial charge is 0.335 e. The summed E-state index contributed by atoms with van der Waals surface area (Å²) >= 11 is 0. The van der Waals surface area contributed by atoms with Gasteiger partial charge < -0.3 is 39.0 Å². The van der Waals surface area contributed by atoms with Crippen LogP contribution in [0.15, 0.2) is 170 Å². The first-order valence-corrected chi connectivity index (χ1v) is 29.1. The second kappa shape index (κ2) is 52.8. The van der Waals surface area contributed by atoms with Crippen LogP contribution >= 0.6 is 0 Å². The van der Waals surface area contributed by atoms with Crippen LogP contribution in [0, 0.1) is 0 Å². The topological polar surface area (TPSA) is 175 Å². The van der Waals surface area contributed by atoms with Gasteiger partial charge >= 0.3 is 23.9 Å². The molecule has 0 aromatic rings. The number of carboxylic acids is 1. The summed E-state index contributed by atoms with van der Waals surface area (Å²) < 4.78 is 28.2. The molecule has 0 amide bonds. The Labute approximate surface area is 475 Å². The Kier molecular flexibility index (Phi) is 47.5. The fourth-order valence-electron chi connectivity index (χ4n) is 7.43. The van der Waals surface area contributed by atoms with Crippen molar-refractivity contribution in [1.82, 2.24) is 0 Å². The molecule has 0 bridgehead atoms. The maximum Gasteiger partial charge on any atom is 0.335 e. The Balaban J connectivity index is 2.81. The molecule has 0 aromatic carbocycles. The van der Waals surface area contributed by atoms with E-state index in [4.69, 9.17) is 23.7 Å². The molecule has 1 fully saturated rings. The number of esters is 3. The molecule has 12 nitrogen and oxygen atoms in total. The minimum absolute atomic E-state index is 0.0394. The average Bonchev–Trinajstić information content (AvgIpc) is 3.47. The van der Waals surface area contributed by atoms with E-state index < -0.39 is 67.3 Å². The summed E-state index contributed by atoms with van der Waals surface area (Å²) in [6.07, 6.45) is 66.2. The first-order chi connectivity index (χ1) is 38.6. The molecule has 1 aliphatic heterocycles. The van der Waals surface area contributed by atoms with Gasteiger partial charge in [-0.25, -0.2) is 4.79 Å². The summed E-state index contributed by atoms with van der Waals surface area (Å²) in [5.74, 6) is -3.37. The van der Waals surface area contributed by atoms with Crippen molar-refractivity contribution in [3.8, 4) is 0 Å². The molecule has 1 heterocycles. The Bertz CT molecular complexity index is 2020. The van der Waals surface area contributed by atoms with Crippen LogP contribution in [0.4, 0.5) is 0 Å². The van der Waals surface area contributed by atoms with Crippen LogP contribution in [0.25, 0.3) is 0 Å². The summed E-state index contributed by atoms with van der Waals surface area (Å²) in [5, 5.41) is 31.5. The van der Waals surface area contributed by atoms with E-state index >= 15 is 0 Å². The van der Waals surface area contributed by atoms with Gasteiger partial charge in [0.1, 0.15) is 18.8 Å². The maximum absolute atomic E-state index is 13.1. The van der Waals surface area contributed by atoms with Crippen molar-refractivity contribution in [2.24, 2.45) is 0 Å². The molecule has 0 aliphatic carbocycles. The molecule has 6 atom stereocenters. The van der Waals surface area contributed by atoms with Gasteiger partial charge in [-0.1, -0.05) is 191 Å². The van der Waals surface area contributed by atoms with E-state index in [-0.39, 0.29) is 25.9 Å². The lowest BCUT2D eigenvalue weighted by molar-refractivity contribution is -0.301. The predicted octanol–water partition coefficient (Wildman–Crippen LogP) is 15.1. The molecule has 79 heavy (non-hydrogen) atoms. The van der Waals surface area contributed by atoms with Gasteiger partial charge in [0.2, 0.25) is 0 Å². The van der Waals surface area contributed by atoms with Crippen molar-refractivity contribution in [2.75, 3.05) is 13.2 Å². The van der Waals surface area contributed by atoms with Crippen molar-refractivity contribution in [1.29, 1.82) is 0 Å². The van der Waals surface area contributed by atoms with Crippen LogP contribution in [0.1, 0.15) is 175 Å². The number of allylic oxidation sites excluding steroid dienone is 28. The zero-order valence-electron chi connectivity index (χ0n) is 48.0. The highest BCUT2D eigenvalue weighted by molar-refractivity contribution is 5.74. The fraction of sp³-hybridized carbons (Fsp3) is 0.522. The molecule has 1 rings (SSSR count). The standard InChI is InChI=1S/C67H98O12/c1-4-7-10-13-16-19-22-25-28-30-33-35-38-41-44-47-50-53-59(68)75-56-58(77-60(69)54-51-48-45-42-39-36-32-27-24-21-18-15-12-9-6-3)57-76-67-65(63(72)62(71)64(79-67)66(73)74)78-61(70)55-52-49-46-43-40-37-34-31-29-26-23-20-17-14-11-8-5-2/h7-12,16-21,25-29,32-35,37,39,41-44,46,58,62-65,67,71-72H,4-6,13-15,22-24,30-31,36,38,40,45,47-57H2,1-3H3,(H,73,74)/b10-7-,11-8-,12-9-,19-16-,20-17-,21-18-,28-25-,29-26-,32-27-,35-33-,37-34-,42-39-,44-41-,46-43-. The molecule has 1 saturated heterocycles. The van der Waals surface area contributed by atoms with Crippen LogP contribution in [0.5, 0.6) is 0 Å². The highest BCUT2D eigenvalue weighted by Crippen LogP contribution is 2.26. The molecule has 438 valence electrons. The third-order valence-electron chi connectivity index (χ3n) is 11.8. The zero-order chi connectivity index (χ0) is 57.5. The first kappa shape index (κ1) is 71.1. The maximum atomic E-state index is 13.1. The van der Waals surface area contributed by atoms with Crippen LogP contribution in [-0.2, 0) is 42.9 Å². The quantitative estimate of drug-likeness (QED) is 0.0228. The Hall–Kier alpha value is -5.92. The Morgan fingerprint density at radius 1 is 0.418 bits per heavy atom. The third kappa shape index (κ3) is 42.7. The van der Waals surface area contributed by atoms with Gasteiger partial charge in [0.05, 0.1) is 6.61 Å². The molecule has 12 heteroatoms. The Morgan fingerprint density at radius 2 is 0.759 bits per heavy atom. The van der Waals surface area contributed by atoms with Crippen molar-refractivity contribution in [3.63, 3.8) is 0 Å². The second-order valence-electron chi connectivity index (χ2n) is 18.8. The van der Waals surface area contributed by atoms with Crippen LogP contribution < -0.4 is 0 Å². The summed E-state index contributed by atoms with van der Waals surface area (Å²) in [5.41, 5.74) is 0. The molecule has 0 spiro atoms. The fourth-order valence-corrected chi connectivity index (χ4v) is 7.43. The molecular formula is C67H98O12. The van der Waals surface area contributed by atoms with Crippen LogP contribution in [0.3, 0.4) is 0 Å². The van der Waals surface area contributed by atoms with Crippen LogP contribution in [-0.4, -0.2) is 89.2 Å². The number of carboxylic acid groups (broad SMARTS) is 1. The normalized spacial score (nSPS) is 19.1. The number of aliphatic hydroxyl groups is 2. The van der Waals surface area contributed by atoms with Gasteiger partial charge in [-0.15, -0.1) is 0 Å².